The second kappa shape index (κ2) is 5.16. The largest absolute Gasteiger partial charge is 0.467 e. The van der Waals surface area contributed by atoms with Crippen LogP contribution in [0.4, 0.5) is 0 Å². The fraction of sp³-hybridized carbons (Fsp3) is 0.636. The Morgan fingerprint density at radius 3 is 2.83 bits per heavy atom. The third-order valence-electron chi connectivity index (χ3n) is 2.96. The summed E-state index contributed by atoms with van der Waals surface area (Å²) in [6, 6.07) is -0.546. The van der Waals surface area contributed by atoms with Gasteiger partial charge in [0.05, 0.1) is 7.11 Å². The molecule has 0 N–H and O–H groups in total. The summed E-state index contributed by atoms with van der Waals surface area (Å²) >= 11 is 0. The number of hydrogen-bond acceptors (Lipinski definition) is 6. The number of esters is 1. The number of amides is 1. The summed E-state index contributed by atoms with van der Waals surface area (Å²) in [6.07, 6.45) is 2.36. The third kappa shape index (κ3) is 2.34. The molecule has 1 unspecified atom stereocenters. The number of rotatable bonds is 2. The number of likely N-dealkylation sites (tertiary alicyclic amines) is 1. The van der Waals surface area contributed by atoms with E-state index in [0.717, 1.165) is 12.8 Å². The summed E-state index contributed by atoms with van der Waals surface area (Å²) in [5, 5.41) is 3.58. The van der Waals surface area contributed by atoms with E-state index < -0.39 is 12.0 Å². The van der Waals surface area contributed by atoms with E-state index >= 15 is 0 Å². The number of aromatic nitrogens is 2. The molecule has 7 nitrogen and oxygen atoms in total. The van der Waals surface area contributed by atoms with Crippen molar-refractivity contribution in [1.82, 2.24) is 15.0 Å². The molecular formula is C11H15N3O4. The highest BCUT2D eigenvalue weighted by Crippen LogP contribution is 2.19. The van der Waals surface area contributed by atoms with E-state index in [1.54, 1.807) is 6.92 Å². The molecule has 0 aliphatic carbocycles. The highest BCUT2D eigenvalue weighted by atomic mass is 16.5. The second-order valence-corrected chi connectivity index (χ2v) is 4.17. The first-order valence-corrected chi connectivity index (χ1v) is 5.82. The monoisotopic (exact) mass is 253 g/mol. The molecule has 1 aliphatic heterocycles. The zero-order valence-electron chi connectivity index (χ0n) is 10.4. The van der Waals surface area contributed by atoms with E-state index in [0.29, 0.717) is 18.9 Å². The van der Waals surface area contributed by atoms with Crippen molar-refractivity contribution in [3.05, 3.63) is 11.7 Å². The van der Waals surface area contributed by atoms with Crippen molar-refractivity contribution in [2.75, 3.05) is 13.7 Å². The number of piperidine rings is 1. The summed E-state index contributed by atoms with van der Waals surface area (Å²) in [6.45, 7) is 2.12. The molecule has 1 atom stereocenters. The number of aryl methyl sites for hydroxylation is 1. The first kappa shape index (κ1) is 12.5. The predicted octanol–water partition coefficient (Wildman–Crippen LogP) is 0.546. The first-order chi connectivity index (χ1) is 8.63. The lowest BCUT2D eigenvalue weighted by Gasteiger charge is -2.32. The van der Waals surface area contributed by atoms with Gasteiger partial charge in [-0.1, -0.05) is 5.16 Å². The minimum absolute atomic E-state index is 0.0108. The highest BCUT2D eigenvalue weighted by Gasteiger charge is 2.35. The van der Waals surface area contributed by atoms with Gasteiger partial charge in [0.15, 0.2) is 0 Å². The van der Waals surface area contributed by atoms with Gasteiger partial charge in [-0.2, -0.15) is 4.98 Å². The molecule has 1 aromatic heterocycles. The van der Waals surface area contributed by atoms with Crippen molar-refractivity contribution in [2.24, 2.45) is 0 Å². The van der Waals surface area contributed by atoms with Crippen molar-refractivity contribution < 1.29 is 18.8 Å². The lowest BCUT2D eigenvalue weighted by atomic mass is 10.0. The lowest BCUT2D eigenvalue weighted by Crippen LogP contribution is -2.48. The minimum atomic E-state index is -0.546. The third-order valence-corrected chi connectivity index (χ3v) is 2.96. The Hall–Kier alpha value is -1.92. The second-order valence-electron chi connectivity index (χ2n) is 4.17. The maximum absolute atomic E-state index is 12.2. The number of carbonyl (C=O) groups is 2. The first-order valence-electron chi connectivity index (χ1n) is 5.82. The van der Waals surface area contributed by atoms with Crippen molar-refractivity contribution in [2.45, 2.75) is 32.2 Å². The summed E-state index contributed by atoms with van der Waals surface area (Å²) in [5.41, 5.74) is 0. The van der Waals surface area contributed by atoms with Crippen LogP contribution in [0.2, 0.25) is 0 Å². The van der Waals surface area contributed by atoms with Crippen molar-refractivity contribution in [3.8, 4) is 0 Å². The molecule has 98 valence electrons. The standard InChI is InChI=1S/C11H15N3O4/c1-7-12-9(13-18-7)10(15)14-6-4-3-5-8(14)11(16)17-2/h8H,3-6H2,1-2H3. The summed E-state index contributed by atoms with van der Waals surface area (Å²) < 4.78 is 9.49. The smallest absolute Gasteiger partial charge is 0.328 e. The van der Waals surface area contributed by atoms with Gasteiger partial charge in [-0.15, -0.1) is 0 Å². The van der Waals surface area contributed by atoms with Crippen molar-refractivity contribution >= 4 is 11.9 Å². The van der Waals surface area contributed by atoms with E-state index in [9.17, 15) is 9.59 Å². The van der Waals surface area contributed by atoms with Gasteiger partial charge in [0, 0.05) is 13.5 Å². The van der Waals surface area contributed by atoms with Gasteiger partial charge in [-0.05, 0) is 19.3 Å². The fourth-order valence-corrected chi connectivity index (χ4v) is 2.07. The molecule has 7 heteroatoms. The molecular weight excluding hydrogens is 238 g/mol. The summed E-state index contributed by atoms with van der Waals surface area (Å²) in [4.78, 5) is 29.2. The SMILES string of the molecule is COC(=O)C1CCCCN1C(=O)c1noc(C)n1. The topological polar surface area (TPSA) is 85.5 Å². The molecule has 18 heavy (non-hydrogen) atoms. The van der Waals surface area contributed by atoms with Gasteiger partial charge >= 0.3 is 5.97 Å². The Morgan fingerprint density at radius 1 is 1.44 bits per heavy atom. The summed E-state index contributed by atoms with van der Waals surface area (Å²) in [5.74, 6) is -0.474. The van der Waals surface area contributed by atoms with E-state index in [4.69, 9.17) is 9.26 Å². The van der Waals surface area contributed by atoms with Gasteiger partial charge in [0.25, 0.3) is 11.7 Å². The molecule has 1 amide bonds. The summed E-state index contributed by atoms with van der Waals surface area (Å²) in [7, 11) is 1.32. The van der Waals surface area contributed by atoms with Crippen LogP contribution in [0.15, 0.2) is 4.52 Å². The number of hydrogen-bond donors (Lipinski definition) is 0. The van der Waals surface area contributed by atoms with Crippen LogP contribution in [0.5, 0.6) is 0 Å². The van der Waals surface area contributed by atoms with Gasteiger partial charge in [-0.25, -0.2) is 4.79 Å². The Kier molecular flexibility index (Phi) is 3.59. The molecule has 0 aromatic carbocycles. The van der Waals surface area contributed by atoms with E-state index in [1.807, 2.05) is 0 Å². The maximum Gasteiger partial charge on any atom is 0.328 e. The zero-order valence-corrected chi connectivity index (χ0v) is 10.4. The van der Waals surface area contributed by atoms with Gasteiger partial charge in [-0.3, -0.25) is 4.79 Å². The average molecular weight is 253 g/mol. The predicted molar refractivity (Wildman–Crippen MR) is 59.7 cm³/mol. The number of methoxy groups -OCH3 is 1. The Balaban J connectivity index is 2.18. The number of carbonyl (C=O) groups excluding carboxylic acids is 2. The van der Waals surface area contributed by atoms with E-state index in [2.05, 4.69) is 10.1 Å². The Labute approximate surface area is 104 Å². The number of nitrogens with zero attached hydrogens (tertiary/aromatic N) is 3. The lowest BCUT2D eigenvalue weighted by molar-refractivity contribution is -0.147. The van der Waals surface area contributed by atoms with E-state index in [1.165, 1.54) is 12.0 Å². The Morgan fingerprint density at radius 2 is 2.22 bits per heavy atom. The number of ether oxygens (including phenoxy) is 1. The van der Waals surface area contributed by atoms with E-state index in [-0.39, 0.29) is 11.7 Å². The fourth-order valence-electron chi connectivity index (χ4n) is 2.07. The Bertz CT molecular complexity index is 457. The van der Waals surface area contributed by atoms with Crippen molar-refractivity contribution in [1.29, 1.82) is 0 Å². The van der Waals surface area contributed by atoms with Crippen LogP contribution < -0.4 is 0 Å². The van der Waals surface area contributed by atoms with Crippen molar-refractivity contribution in [3.63, 3.8) is 0 Å². The van der Waals surface area contributed by atoms with Crippen LogP contribution in [-0.2, 0) is 9.53 Å². The quantitative estimate of drug-likeness (QED) is 0.715. The molecule has 1 aromatic rings. The highest BCUT2D eigenvalue weighted by molar-refractivity contribution is 5.93. The van der Waals surface area contributed by atoms with Crippen LogP contribution in [0.25, 0.3) is 0 Å². The van der Waals surface area contributed by atoms with Crippen LogP contribution in [-0.4, -0.2) is 46.6 Å². The maximum atomic E-state index is 12.2. The van der Waals surface area contributed by atoms with Gasteiger partial charge in [0.1, 0.15) is 6.04 Å². The molecule has 0 saturated carbocycles. The van der Waals surface area contributed by atoms with Crippen LogP contribution in [0, 0.1) is 6.92 Å². The molecule has 1 aliphatic rings. The van der Waals surface area contributed by atoms with Crippen LogP contribution >= 0.6 is 0 Å². The van der Waals surface area contributed by atoms with Crippen LogP contribution in [0.3, 0.4) is 0 Å². The molecule has 1 fully saturated rings. The molecule has 0 radical (unpaired) electrons. The van der Waals surface area contributed by atoms with Gasteiger partial charge < -0.3 is 14.2 Å². The normalized spacial score (nSPS) is 19.7. The van der Waals surface area contributed by atoms with Gasteiger partial charge in [0.2, 0.25) is 5.89 Å². The van der Waals surface area contributed by atoms with Crippen LogP contribution in [0.1, 0.15) is 35.8 Å². The molecule has 0 bridgehead atoms. The minimum Gasteiger partial charge on any atom is -0.467 e. The molecule has 1 saturated heterocycles. The molecule has 2 rings (SSSR count). The average Bonchev–Trinajstić information content (AvgIpc) is 2.83. The molecule has 2 heterocycles. The zero-order chi connectivity index (χ0) is 13.1. The molecule has 0 spiro atoms.